The number of aromatic nitrogens is 2. The molecule has 4 rings (SSSR count). The predicted octanol–water partition coefficient (Wildman–Crippen LogP) is 4.02. The van der Waals surface area contributed by atoms with Crippen molar-refractivity contribution in [2.75, 3.05) is 11.4 Å². The molecule has 2 aromatic rings. The number of aryl methyl sites for hydroxylation is 1. The summed E-state index contributed by atoms with van der Waals surface area (Å²) in [6.45, 7) is 3.32. The van der Waals surface area contributed by atoms with Crippen LogP contribution in [0, 0.1) is 5.92 Å². The summed E-state index contributed by atoms with van der Waals surface area (Å²) in [7, 11) is 0. The summed E-state index contributed by atoms with van der Waals surface area (Å²) < 4.78 is 0. The van der Waals surface area contributed by atoms with E-state index in [4.69, 9.17) is 4.98 Å². The van der Waals surface area contributed by atoms with E-state index in [0.717, 1.165) is 29.0 Å². The van der Waals surface area contributed by atoms with Crippen LogP contribution in [0.4, 0.5) is 5.82 Å². The molecule has 0 spiro atoms. The van der Waals surface area contributed by atoms with E-state index in [-0.39, 0.29) is 0 Å². The molecule has 0 bridgehead atoms. The molecule has 20 heavy (non-hydrogen) atoms. The van der Waals surface area contributed by atoms with Crippen molar-refractivity contribution in [3.63, 3.8) is 0 Å². The highest BCUT2D eigenvalue weighted by Gasteiger charge is 2.36. The Morgan fingerprint density at radius 1 is 1.25 bits per heavy atom. The largest absolute Gasteiger partial charge is 0.353 e. The van der Waals surface area contributed by atoms with Crippen molar-refractivity contribution in [3.8, 4) is 0 Å². The van der Waals surface area contributed by atoms with Gasteiger partial charge in [-0.25, -0.2) is 9.97 Å². The van der Waals surface area contributed by atoms with Crippen LogP contribution in [0.3, 0.4) is 0 Å². The second-order valence-corrected chi connectivity index (χ2v) is 6.94. The quantitative estimate of drug-likeness (QED) is 0.835. The van der Waals surface area contributed by atoms with Crippen LogP contribution in [0.1, 0.15) is 44.9 Å². The van der Waals surface area contributed by atoms with Crippen LogP contribution in [-0.2, 0) is 6.42 Å². The lowest BCUT2D eigenvalue weighted by atomic mass is 9.92. The number of hydrogen-bond acceptors (Lipinski definition) is 4. The van der Waals surface area contributed by atoms with Gasteiger partial charge >= 0.3 is 0 Å². The highest BCUT2D eigenvalue weighted by atomic mass is 32.1. The van der Waals surface area contributed by atoms with Crippen LogP contribution >= 0.6 is 11.3 Å². The summed E-state index contributed by atoms with van der Waals surface area (Å²) in [5.41, 5.74) is 0. The maximum atomic E-state index is 4.90. The Hall–Kier alpha value is -1.16. The van der Waals surface area contributed by atoms with Crippen LogP contribution < -0.4 is 4.90 Å². The third-order valence-electron chi connectivity index (χ3n) is 4.93. The van der Waals surface area contributed by atoms with Gasteiger partial charge in [-0.3, -0.25) is 0 Å². The lowest BCUT2D eigenvalue weighted by molar-refractivity contribution is 0.361. The number of piperidine rings is 1. The average Bonchev–Trinajstić information content (AvgIpc) is 3.14. The number of anilines is 1. The Labute approximate surface area is 124 Å². The fraction of sp³-hybridized carbons (Fsp3) is 0.625. The molecular formula is C16H21N3S. The van der Waals surface area contributed by atoms with Crippen molar-refractivity contribution in [3.05, 3.63) is 17.3 Å². The number of hydrogen-bond donors (Lipinski definition) is 0. The van der Waals surface area contributed by atoms with E-state index in [1.807, 2.05) is 0 Å². The van der Waals surface area contributed by atoms with Gasteiger partial charge in [-0.1, -0.05) is 13.3 Å². The van der Waals surface area contributed by atoms with Gasteiger partial charge in [-0.15, -0.1) is 11.3 Å². The molecule has 106 valence electrons. The van der Waals surface area contributed by atoms with Crippen molar-refractivity contribution >= 4 is 27.4 Å². The number of rotatable bonds is 2. The summed E-state index contributed by atoms with van der Waals surface area (Å²) in [5, 5.41) is 3.41. The predicted molar refractivity (Wildman–Crippen MR) is 84.5 cm³/mol. The van der Waals surface area contributed by atoms with Crippen LogP contribution in [0.15, 0.2) is 11.4 Å². The molecule has 1 aliphatic heterocycles. The van der Waals surface area contributed by atoms with E-state index in [0.29, 0.717) is 0 Å². The zero-order valence-electron chi connectivity index (χ0n) is 12.0. The normalized spacial score (nSPS) is 26.1. The molecule has 0 radical (unpaired) electrons. The topological polar surface area (TPSA) is 29.0 Å². The number of fused-ring (bicyclic) bond motifs is 2. The molecule has 2 atom stereocenters. The molecule has 2 unspecified atom stereocenters. The SMILES string of the molecule is CCc1nc(N2CCCC3CCCC32)c2ccsc2n1. The highest BCUT2D eigenvalue weighted by molar-refractivity contribution is 7.16. The second kappa shape index (κ2) is 4.99. The first-order valence-corrected chi connectivity index (χ1v) is 8.75. The van der Waals surface area contributed by atoms with Gasteiger partial charge in [-0.05, 0) is 43.0 Å². The van der Waals surface area contributed by atoms with Gasteiger partial charge in [0.15, 0.2) is 0 Å². The van der Waals surface area contributed by atoms with Crippen LogP contribution in [-0.4, -0.2) is 22.6 Å². The average molecular weight is 287 g/mol. The monoisotopic (exact) mass is 287 g/mol. The summed E-state index contributed by atoms with van der Waals surface area (Å²) in [6, 6.07) is 2.93. The lowest BCUT2D eigenvalue weighted by Gasteiger charge is -2.39. The third-order valence-corrected chi connectivity index (χ3v) is 5.74. The Kier molecular flexibility index (Phi) is 3.14. The number of nitrogens with zero attached hydrogens (tertiary/aromatic N) is 3. The van der Waals surface area contributed by atoms with Crippen LogP contribution in [0.25, 0.3) is 10.2 Å². The van der Waals surface area contributed by atoms with Crippen LogP contribution in [0.2, 0.25) is 0 Å². The zero-order chi connectivity index (χ0) is 13.5. The maximum Gasteiger partial charge on any atom is 0.141 e. The molecule has 2 aliphatic rings. The van der Waals surface area contributed by atoms with Gasteiger partial charge in [0, 0.05) is 19.0 Å². The van der Waals surface area contributed by atoms with Gasteiger partial charge in [0.1, 0.15) is 16.5 Å². The fourth-order valence-corrected chi connectivity index (χ4v) is 4.75. The lowest BCUT2D eigenvalue weighted by Crippen LogP contribution is -2.43. The van der Waals surface area contributed by atoms with Gasteiger partial charge < -0.3 is 4.90 Å². The van der Waals surface area contributed by atoms with Crippen molar-refractivity contribution in [1.29, 1.82) is 0 Å². The molecule has 1 saturated carbocycles. The molecule has 2 aromatic heterocycles. The molecule has 0 N–H and O–H groups in total. The molecular weight excluding hydrogens is 266 g/mol. The summed E-state index contributed by atoms with van der Waals surface area (Å²) in [5.74, 6) is 3.11. The molecule has 0 aromatic carbocycles. The van der Waals surface area contributed by atoms with Crippen molar-refractivity contribution < 1.29 is 0 Å². The first-order chi connectivity index (χ1) is 9.86. The van der Waals surface area contributed by atoms with E-state index < -0.39 is 0 Å². The second-order valence-electron chi connectivity index (χ2n) is 6.05. The molecule has 0 amide bonds. The van der Waals surface area contributed by atoms with E-state index in [1.165, 1.54) is 49.9 Å². The summed E-state index contributed by atoms with van der Waals surface area (Å²) in [4.78, 5) is 13.3. The Bertz CT molecular complexity index is 621. The van der Waals surface area contributed by atoms with E-state index in [1.54, 1.807) is 11.3 Å². The van der Waals surface area contributed by atoms with Gasteiger partial charge in [0.05, 0.1) is 5.39 Å². The summed E-state index contributed by atoms with van der Waals surface area (Å²) in [6.07, 6.45) is 7.81. The Morgan fingerprint density at radius 3 is 3.05 bits per heavy atom. The van der Waals surface area contributed by atoms with E-state index in [9.17, 15) is 0 Å². The molecule has 3 nitrogen and oxygen atoms in total. The molecule has 4 heteroatoms. The highest BCUT2D eigenvalue weighted by Crippen LogP contribution is 2.40. The minimum atomic E-state index is 0.728. The number of thiophene rings is 1. The first kappa shape index (κ1) is 12.6. The van der Waals surface area contributed by atoms with Crippen molar-refractivity contribution in [2.24, 2.45) is 5.92 Å². The maximum absolute atomic E-state index is 4.90. The smallest absolute Gasteiger partial charge is 0.141 e. The van der Waals surface area contributed by atoms with Crippen molar-refractivity contribution in [2.45, 2.75) is 51.5 Å². The first-order valence-electron chi connectivity index (χ1n) is 7.87. The van der Waals surface area contributed by atoms with E-state index >= 15 is 0 Å². The standard InChI is InChI=1S/C16H21N3S/c1-2-14-17-15(12-8-10-20-16(12)18-14)19-9-4-6-11-5-3-7-13(11)19/h8,10-11,13H,2-7,9H2,1H3. The minimum absolute atomic E-state index is 0.728. The van der Waals surface area contributed by atoms with Gasteiger partial charge in [0.25, 0.3) is 0 Å². The Morgan fingerprint density at radius 2 is 2.15 bits per heavy atom. The molecule has 3 heterocycles. The van der Waals surface area contributed by atoms with Gasteiger partial charge in [-0.2, -0.15) is 0 Å². The Balaban J connectivity index is 1.81. The molecule has 2 fully saturated rings. The summed E-state index contributed by atoms with van der Waals surface area (Å²) >= 11 is 1.74. The minimum Gasteiger partial charge on any atom is -0.353 e. The third kappa shape index (κ3) is 1.93. The van der Waals surface area contributed by atoms with E-state index in [2.05, 4.69) is 28.3 Å². The zero-order valence-corrected chi connectivity index (χ0v) is 12.8. The van der Waals surface area contributed by atoms with Crippen molar-refractivity contribution in [1.82, 2.24) is 9.97 Å². The molecule has 1 saturated heterocycles. The van der Waals surface area contributed by atoms with Crippen LogP contribution in [0.5, 0.6) is 0 Å². The van der Waals surface area contributed by atoms with Gasteiger partial charge in [0.2, 0.25) is 0 Å². The fourth-order valence-electron chi connectivity index (χ4n) is 3.98. The molecule has 1 aliphatic carbocycles.